The third kappa shape index (κ3) is 5.42. The molecule has 2 N–H and O–H groups in total. The number of likely N-dealkylation sites (N-methyl/N-ethyl adjacent to an activating group) is 1. The predicted molar refractivity (Wildman–Crippen MR) is 113 cm³/mol. The van der Waals surface area contributed by atoms with Crippen molar-refractivity contribution in [2.24, 2.45) is 0 Å². The third-order valence-electron chi connectivity index (χ3n) is 4.36. The number of rotatable bonds is 4. The first-order valence-corrected chi connectivity index (χ1v) is 9.63. The Bertz CT molecular complexity index is 694. The number of hydrogen-bond donors (Lipinski definition) is 2. The first-order chi connectivity index (χ1) is 12.1. The smallest absolute Gasteiger partial charge is 0.171 e. The Kier molecular flexibility index (Phi) is 6.29. The number of benzene rings is 2. The summed E-state index contributed by atoms with van der Waals surface area (Å²) in [5.74, 6) is 0. The molecule has 2 aromatic rings. The molecule has 2 aromatic carbocycles. The molecule has 1 saturated heterocycles. The van der Waals surface area contributed by atoms with E-state index in [0.717, 1.165) is 36.3 Å². The summed E-state index contributed by atoms with van der Waals surface area (Å²) in [7, 11) is 2.17. The van der Waals surface area contributed by atoms with Crippen LogP contribution in [-0.4, -0.2) is 43.2 Å². The van der Waals surface area contributed by atoms with Gasteiger partial charge in [-0.3, -0.25) is 0 Å². The van der Waals surface area contributed by atoms with E-state index in [4.69, 9.17) is 12.2 Å². The molecule has 0 bridgehead atoms. The molecular weight excluding hydrogens is 396 g/mol. The highest BCUT2D eigenvalue weighted by molar-refractivity contribution is 9.10. The van der Waals surface area contributed by atoms with Crippen LogP contribution in [0.4, 0.5) is 11.4 Å². The second-order valence-electron chi connectivity index (χ2n) is 6.27. The van der Waals surface area contributed by atoms with Gasteiger partial charge in [-0.1, -0.05) is 28.1 Å². The molecule has 1 aliphatic heterocycles. The summed E-state index contributed by atoms with van der Waals surface area (Å²) in [6.07, 6.45) is 0. The van der Waals surface area contributed by atoms with E-state index in [-0.39, 0.29) is 0 Å². The van der Waals surface area contributed by atoms with E-state index in [1.807, 2.05) is 12.1 Å². The molecule has 3 rings (SSSR count). The zero-order chi connectivity index (χ0) is 17.6. The fourth-order valence-electron chi connectivity index (χ4n) is 2.78. The van der Waals surface area contributed by atoms with E-state index in [1.54, 1.807) is 0 Å². The van der Waals surface area contributed by atoms with Crippen molar-refractivity contribution in [1.82, 2.24) is 10.2 Å². The number of hydrogen-bond acceptors (Lipinski definition) is 3. The minimum Gasteiger partial charge on any atom is -0.369 e. The summed E-state index contributed by atoms with van der Waals surface area (Å²) in [5.41, 5.74) is 3.47. The van der Waals surface area contributed by atoms with E-state index >= 15 is 0 Å². The molecule has 0 atom stereocenters. The molecule has 0 aliphatic carbocycles. The van der Waals surface area contributed by atoms with Crippen molar-refractivity contribution >= 4 is 44.6 Å². The number of nitrogens with one attached hydrogen (secondary N) is 2. The molecule has 25 heavy (non-hydrogen) atoms. The van der Waals surface area contributed by atoms with Crippen molar-refractivity contribution in [1.29, 1.82) is 0 Å². The summed E-state index contributed by atoms with van der Waals surface area (Å²) in [6.45, 7) is 5.10. The number of thiocarbonyl (C=S) groups is 1. The van der Waals surface area contributed by atoms with Crippen molar-refractivity contribution < 1.29 is 0 Å². The van der Waals surface area contributed by atoms with Crippen LogP contribution in [0.2, 0.25) is 0 Å². The van der Waals surface area contributed by atoms with Crippen LogP contribution in [0.15, 0.2) is 53.0 Å². The Balaban J connectivity index is 1.49. The summed E-state index contributed by atoms with van der Waals surface area (Å²) in [5, 5.41) is 7.12. The van der Waals surface area contributed by atoms with Crippen LogP contribution in [0, 0.1) is 0 Å². The fraction of sp³-hybridized carbons (Fsp3) is 0.316. The maximum Gasteiger partial charge on any atom is 0.171 e. The normalized spacial score (nSPS) is 15.0. The number of piperazine rings is 1. The van der Waals surface area contributed by atoms with Gasteiger partial charge in [0.15, 0.2) is 5.11 Å². The molecule has 1 fully saturated rings. The molecule has 1 heterocycles. The van der Waals surface area contributed by atoms with Crippen LogP contribution in [0.3, 0.4) is 0 Å². The van der Waals surface area contributed by atoms with Gasteiger partial charge in [0.25, 0.3) is 0 Å². The Labute approximate surface area is 163 Å². The Morgan fingerprint density at radius 2 is 1.64 bits per heavy atom. The second-order valence-corrected chi connectivity index (χ2v) is 7.60. The van der Waals surface area contributed by atoms with Crippen molar-refractivity contribution in [3.05, 3.63) is 58.6 Å². The van der Waals surface area contributed by atoms with Gasteiger partial charge in [-0.05, 0) is 61.2 Å². The molecular formula is C19H23BrN4S. The lowest BCUT2D eigenvalue weighted by Crippen LogP contribution is -2.44. The van der Waals surface area contributed by atoms with Gasteiger partial charge in [0, 0.05) is 48.6 Å². The highest BCUT2D eigenvalue weighted by Gasteiger charge is 2.13. The summed E-state index contributed by atoms with van der Waals surface area (Å²) < 4.78 is 1.08. The highest BCUT2D eigenvalue weighted by Crippen LogP contribution is 2.19. The summed E-state index contributed by atoms with van der Waals surface area (Å²) in [6, 6.07) is 16.7. The van der Waals surface area contributed by atoms with Crippen molar-refractivity contribution in [3.8, 4) is 0 Å². The van der Waals surface area contributed by atoms with E-state index in [0.29, 0.717) is 11.7 Å². The maximum atomic E-state index is 5.38. The van der Waals surface area contributed by atoms with Crippen LogP contribution < -0.4 is 15.5 Å². The van der Waals surface area contributed by atoms with E-state index < -0.39 is 0 Å². The van der Waals surface area contributed by atoms with Crippen molar-refractivity contribution in [2.45, 2.75) is 6.54 Å². The standard InChI is InChI=1S/C19H23BrN4S/c1-23-10-12-24(13-11-23)18-8-6-17(7-9-18)22-19(25)21-14-15-2-4-16(20)5-3-15/h2-9H,10-14H2,1H3,(H2,21,22,25). The Morgan fingerprint density at radius 3 is 2.28 bits per heavy atom. The minimum atomic E-state index is 0.635. The van der Waals surface area contributed by atoms with Gasteiger partial charge in [0.2, 0.25) is 0 Å². The Morgan fingerprint density at radius 1 is 1.00 bits per heavy atom. The quantitative estimate of drug-likeness (QED) is 0.739. The molecule has 0 spiro atoms. The van der Waals surface area contributed by atoms with Gasteiger partial charge < -0.3 is 20.4 Å². The van der Waals surface area contributed by atoms with Crippen LogP contribution in [0.25, 0.3) is 0 Å². The lowest BCUT2D eigenvalue weighted by molar-refractivity contribution is 0.313. The zero-order valence-corrected chi connectivity index (χ0v) is 16.7. The molecule has 0 saturated carbocycles. The first kappa shape index (κ1) is 18.2. The average molecular weight is 419 g/mol. The van der Waals surface area contributed by atoms with E-state index in [9.17, 15) is 0 Å². The number of anilines is 2. The fourth-order valence-corrected chi connectivity index (χ4v) is 3.23. The van der Waals surface area contributed by atoms with Crippen LogP contribution in [0.5, 0.6) is 0 Å². The topological polar surface area (TPSA) is 30.5 Å². The molecule has 6 heteroatoms. The predicted octanol–water partition coefficient (Wildman–Crippen LogP) is 3.69. The number of halogens is 1. The molecule has 0 radical (unpaired) electrons. The molecule has 132 valence electrons. The minimum absolute atomic E-state index is 0.635. The van der Waals surface area contributed by atoms with Gasteiger partial charge in [-0.15, -0.1) is 0 Å². The average Bonchev–Trinajstić information content (AvgIpc) is 2.63. The summed E-state index contributed by atoms with van der Waals surface area (Å²) >= 11 is 8.83. The van der Waals surface area contributed by atoms with Gasteiger partial charge in [0.1, 0.15) is 0 Å². The van der Waals surface area contributed by atoms with Crippen molar-refractivity contribution in [2.75, 3.05) is 43.4 Å². The van der Waals surface area contributed by atoms with Crippen LogP contribution in [0.1, 0.15) is 5.56 Å². The van der Waals surface area contributed by atoms with E-state index in [1.165, 1.54) is 11.3 Å². The third-order valence-corrected chi connectivity index (χ3v) is 5.13. The zero-order valence-electron chi connectivity index (χ0n) is 14.3. The van der Waals surface area contributed by atoms with Crippen molar-refractivity contribution in [3.63, 3.8) is 0 Å². The van der Waals surface area contributed by atoms with Crippen LogP contribution in [-0.2, 0) is 6.54 Å². The molecule has 4 nitrogen and oxygen atoms in total. The van der Waals surface area contributed by atoms with Gasteiger partial charge >= 0.3 is 0 Å². The van der Waals surface area contributed by atoms with Gasteiger partial charge in [-0.2, -0.15) is 0 Å². The summed E-state index contributed by atoms with van der Waals surface area (Å²) in [4.78, 5) is 4.79. The lowest BCUT2D eigenvalue weighted by atomic mass is 10.2. The highest BCUT2D eigenvalue weighted by atomic mass is 79.9. The first-order valence-electron chi connectivity index (χ1n) is 8.43. The number of nitrogens with zero attached hydrogens (tertiary/aromatic N) is 2. The second kappa shape index (κ2) is 8.65. The monoisotopic (exact) mass is 418 g/mol. The maximum absolute atomic E-state index is 5.38. The molecule has 0 aromatic heterocycles. The largest absolute Gasteiger partial charge is 0.369 e. The van der Waals surface area contributed by atoms with E-state index in [2.05, 4.69) is 79.8 Å². The van der Waals surface area contributed by atoms with Gasteiger partial charge in [0.05, 0.1) is 0 Å². The Hall–Kier alpha value is -1.63. The van der Waals surface area contributed by atoms with Gasteiger partial charge in [-0.25, -0.2) is 0 Å². The molecule has 1 aliphatic rings. The lowest BCUT2D eigenvalue weighted by Gasteiger charge is -2.34. The molecule has 0 amide bonds. The molecule has 0 unspecified atom stereocenters. The SMILES string of the molecule is CN1CCN(c2ccc(NC(=S)NCc3ccc(Br)cc3)cc2)CC1. The van der Waals surface area contributed by atoms with Crippen LogP contribution >= 0.6 is 28.1 Å².